The SMILES string of the molecule is Cc1cc(Nc2nc(-c3ccccn3)cs2)ncn1. The molecule has 0 fully saturated rings. The van der Waals surface area contributed by atoms with Gasteiger partial charge < -0.3 is 5.32 Å². The number of aryl methyl sites for hydroxylation is 1. The van der Waals surface area contributed by atoms with Gasteiger partial charge in [0.05, 0.1) is 5.69 Å². The molecule has 0 aliphatic rings. The van der Waals surface area contributed by atoms with Gasteiger partial charge in [-0.3, -0.25) is 4.98 Å². The Morgan fingerprint density at radius 3 is 2.84 bits per heavy atom. The summed E-state index contributed by atoms with van der Waals surface area (Å²) in [4.78, 5) is 17.0. The van der Waals surface area contributed by atoms with E-state index >= 15 is 0 Å². The molecule has 6 heteroatoms. The Balaban J connectivity index is 1.82. The molecule has 19 heavy (non-hydrogen) atoms. The van der Waals surface area contributed by atoms with Crippen LogP contribution >= 0.6 is 11.3 Å². The van der Waals surface area contributed by atoms with Crippen molar-refractivity contribution >= 4 is 22.3 Å². The van der Waals surface area contributed by atoms with Crippen molar-refractivity contribution in [1.82, 2.24) is 19.9 Å². The second-order valence-electron chi connectivity index (χ2n) is 3.92. The summed E-state index contributed by atoms with van der Waals surface area (Å²) in [5.74, 6) is 0.745. The molecule has 0 saturated carbocycles. The second-order valence-corrected chi connectivity index (χ2v) is 4.78. The highest BCUT2D eigenvalue weighted by Crippen LogP contribution is 2.25. The summed E-state index contributed by atoms with van der Waals surface area (Å²) in [5.41, 5.74) is 2.64. The third-order valence-corrected chi connectivity index (χ3v) is 3.23. The molecule has 94 valence electrons. The van der Waals surface area contributed by atoms with Crippen LogP contribution in [0, 0.1) is 6.92 Å². The summed E-state index contributed by atoms with van der Waals surface area (Å²) in [6, 6.07) is 7.65. The van der Waals surface area contributed by atoms with Gasteiger partial charge in [-0.25, -0.2) is 15.0 Å². The number of pyridine rings is 1. The van der Waals surface area contributed by atoms with Crippen LogP contribution in [-0.2, 0) is 0 Å². The van der Waals surface area contributed by atoms with Gasteiger partial charge in [0, 0.05) is 23.3 Å². The molecule has 5 nitrogen and oxygen atoms in total. The third kappa shape index (κ3) is 2.74. The third-order valence-electron chi connectivity index (χ3n) is 2.47. The van der Waals surface area contributed by atoms with Crippen LogP contribution in [0.3, 0.4) is 0 Å². The van der Waals surface area contributed by atoms with Gasteiger partial charge in [-0.1, -0.05) is 6.07 Å². The van der Waals surface area contributed by atoms with E-state index < -0.39 is 0 Å². The minimum absolute atomic E-state index is 0.745. The highest BCUT2D eigenvalue weighted by molar-refractivity contribution is 7.14. The quantitative estimate of drug-likeness (QED) is 0.791. The fraction of sp³-hybridized carbons (Fsp3) is 0.0769. The van der Waals surface area contributed by atoms with Gasteiger partial charge in [0.25, 0.3) is 0 Å². The lowest BCUT2D eigenvalue weighted by molar-refractivity contribution is 1.10. The standard InChI is InChI=1S/C13H11N5S/c1-9-6-12(16-8-15-9)18-13-17-11(7-19-13)10-4-2-3-5-14-10/h2-8H,1H3,(H,15,16,17,18). The molecular weight excluding hydrogens is 258 g/mol. The summed E-state index contributed by atoms with van der Waals surface area (Å²) in [6.07, 6.45) is 3.29. The van der Waals surface area contributed by atoms with Crippen molar-refractivity contribution in [2.75, 3.05) is 5.32 Å². The lowest BCUT2D eigenvalue weighted by atomic mass is 10.3. The van der Waals surface area contributed by atoms with Gasteiger partial charge in [0.1, 0.15) is 17.8 Å². The van der Waals surface area contributed by atoms with Crippen LogP contribution in [0.25, 0.3) is 11.4 Å². The first-order valence-corrected chi connectivity index (χ1v) is 6.62. The molecule has 3 aromatic heterocycles. The van der Waals surface area contributed by atoms with Gasteiger partial charge >= 0.3 is 0 Å². The van der Waals surface area contributed by atoms with Crippen LogP contribution in [0.5, 0.6) is 0 Å². The van der Waals surface area contributed by atoms with Gasteiger partial charge in [-0.05, 0) is 19.1 Å². The van der Waals surface area contributed by atoms with Crippen molar-refractivity contribution in [2.45, 2.75) is 6.92 Å². The van der Waals surface area contributed by atoms with Gasteiger partial charge in [-0.15, -0.1) is 11.3 Å². The number of nitrogens with zero attached hydrogens (tertiary/aromatic N) is 4. The molecule has 0 aliphatic heterocycles. The van der Waals surface area contributed by atoms with E-state index in [2.05, 4.69) is 25.3 Å². The summed E-state index contributed by atoms with van der Waals surface area (Å²) in [5, 5.41) is 5.92. The van der Waals surface area contributed by atoms with Gasteiger partial charge in [0.2, 0.25) is 0 Å². The van der Waals surface area contributed by atoms with E-state index in [1.54, 1.807) is 6.20 Å². The largest absolute Gasteiger partial charge is 0.316 e. The summed E-state index contributed by atoms with van der Waals surface area (Å²) in [7, 11) is 0. The Morgan fingerprint density at radius 1 is 1.11 bits per heavy atom. The van der Waals surface area contributed by atoms with Crippen LogP contribution in [0.4, 0.5) is 10.9 Å². The van der Waals surface area contributed by atoms with Crippen LogP contribution in [0.2, 0.25) is 0 Å². The van der Waals surface area contributed by atoms with Gasteiger partial charge in [-0.2, -0.15) is 0 Å². The lowest BCUT2D eigenvalue weighted by Crippen LogP contribution is -1.94. The predicted molar refractivity (Wildman–Crippen MR) is 75.4 cm³/mol. The van der Waals surface area contributed by atoms with E-state index in [9.17, 15) is 0 Å². The zero-order chi connectivity index (χ0) is 13.1. The number of anilines is 2. The monoisotopic (exact) mass is 269 g/mol. The zero-order valence-corrected chi connectivity index (χ0v) is 11.1. The molecule has 0 bridgehead atoms. The van der Waals surface area contributed by atoms with Crippen LogP contribution in [0.1, 0.15) is 5.69 Å². The van der Waals surface area contributed by atoms with Crippen molar-refractivity contribution in [3.8, 4) is 11.4 Å². The lowest BCUT2D eigenvalue weighted by Gasteiger charge is -2.01. The predicted octanol–water partition coefficient (Wildman–Crippen LogP) is 3.05. The second kappa shape index (κ2) is 5.11. The highest BCUT2D eigenvalue weighted by atomic mass is 32.1. The normalized spacial score (nSPS) is 10.4. The number of nitrogens with one attached hydrogen (secondary N) is 1. The van der Waals surface area contributed by atoms with Gasteiger partial charge in [0.15, 0.2) is 5.13 Å². The van der Waals surface area contributed by atoms with Crippen molar-refractivity contribution in [3.05, 3.63) is 47.9 Å². The highest BCUT2D eigenvalue weighted by Gasteiger charge is 2.06. The molecule has 3 rings (SSSR count). The van der Waals surface area contributed by atoms with Crippen molar-refractivity contribution in [1.29, 1.82) is 0 Å². The van der Waals surface area contributed by atoms with E-state index in [1.165, 1.54) is 17.7 Å². The molecule has 0 radical (unpaired) electrons. The minimum atomic E-state index is 0.745. The molecule has 0 atom stereocenters. The molecule has 0 aliphatic carbocycles. The van der Waals surface area contributed by atoms with E-state index in [0.717, 1.165) is 28.0 Å². The Morgan fingerprint density at radius 2 is 2.05 bits per heavy atom. The fourth-order valence-electron chi connectivity index (χ4n) is 1.60. The molecule has 0 amide bonds. The average molecular weight is 269 g/mol. The minimum Gasteiger partial charge on any atom is -0.316 e. The fourth-order valence-corrected chi connectivity index (χ4v) is 2.31. The van der Waals surface area contributed by atoms with Crippen LogP contribution in [0.15, 0.2) is 42.2 Å². The zero-order valence-electron chi connectivity index (χ0n) is 10.2. The molecule has 3 aromatic rings. The van der Waals surface area contributed by atoms with Crippen LogP contribution < -0.4 is 5.32 Å². The molecule has 1 N–H and O–H groups in total. The number of rotatable bonds is 3. The van der Waals surface area contributed by atoms with Crippen LogP contribution in [-0.4, -0.2) is 19.9 Å². The Labute approximate surface area is 114 Å². The van der Waals surface area contributed by atoms with Crippen molar-refractivity contribution in [2.24, 2.45) is 0 Å². The molecule has 0 unspecified atom stereocenters. The first-order chi connectivity index (χ1) is 9.31. The number of aromatic nitrogens is 4. The van der Waals surface area contributed by atoms with E-state index in [1.807, 2.05) is 36.6 Å². The molecule has 0 spiro atoms. The maximum Gasteiger partial charge on any atom is 0.188 e. The van der Waals surface area contributed by atoms with E-state index in [4.69, 9.17) is 0 Å². The molecule has 0 aromatic carbocycles. The number of hydrogen-bond acceptors (Lipinski definition) is 6. The number of hydrogen-bond donors (Lipinski definition) is 1. The van der Waals surface area contributed by atoms with Crippen molar-refractivity contribution in [3.63, 3.8) is 0 Å². The first kappa shape index (κ1) is 11.7. The summed E-state index contributed by atoms with van der Waals surface area (Å²) >= 11 is 1.52. The summed E-state index contributed by atoms with van der Waals surface area (Å²) < 4.78 is 0. The Hall–Kier alpha value is -2.34. The molecular formula is C13H11N5S. The average Bonchev–Trinajstić information content (AvgIpc) is 2.88. The maximum absolute atomic E-state index is 4.49. The van der Waals surface area contributed by atoms with E-state index in [-0.39, 0.29) is 0 Å². The van der Waals surface area contributed by atoms with Crippen molar-refractivity contribution < 1.29 is 0 Å². The maximum atomic E-state index is 4.49. The first-order valence-electron chi connectivity index (χ1n) is 5.74. The Kier molecular flexibility index (Phi) is 3.16. The topological polar surface area (TPSA) is 63.6 Å². The molecule has 3 heterocycles. The number of thiazole rings is 1. The smallest absolute Gasteiger partial charge is 0.188 e. The summed E-state index contributed by atoms with van der Waals surface area (Å²) in [6.45, 7) is 1.92. The Bertz CT molecular complexity index is 680. The van der Waals surface area contributed by atoms with E-state index in [0.29, 0.717) is 0 Å². The molecule has 0 saturated heterocycles.